The summed E-state index contributed by atoms with van der Waals surface area (Å²) in [5.74, 6) is -0.181. The average Bonchev–Trinajstić information content (AvgIpc) is 2.66. The molecule has 1 amide bonds. The lowest BCUT2D eigenvalue weighted by Gasteiger charge is -2.30. The molecule has 0 radical (unpaired) electrons. The molecule has 0 saturated carbocycles. The second-order valence-electron chi connectivity index (χ2n) is 6.15. The van der Waals surface area contributed by atoms with E-state index >= 15 is 0 Å². The minimum absolute atomic E-state index is 0.184. The maximum absolute atomic E-state index is 12.6. The number of esters is 1. The Hall–Kier alpha value is -2.34. The molecule has 0 aliphatic carbocycles. The number of hydrogen-bond donors (Lipinski definition) is 0. The second-order valence-corrected chi connectivity index (χ2v) is 7.07. The summed E-state index contributed by atoms with van der Waals surface area (Å²) in [6, 6.07) is 15.2. The number of benzene rings is 2. The Morgan fingerprint density at radius 3 is 2.54 bits per heavy atom. The highest BCUT2D eigenvalue weighted by atomic mass is 79.9. The molecule has 0 fully saturated rings. The Kier molecular flexibility index (Phi) is 5.93. The predicted octanol–water partition coefficient (Wildman–Crippen LogP) is 3.34. The van der Waals surface area contributed by atoms with Gasteiger partial charge in [0.1, 0.15) is 5.75 Å². The van der Waals surface area contributed by atoms with Gasteiger partial charge in [-0.25, -0.2) is 4.79 Å². The molecule has 26 heavy (non-hydrogen) atoms. The highest BCUT2D eigenvalue weighted by Crippen LogP contribution is 2.20. The molecule has 2 aromatic rings. The van der Waals surface area contributed by atoms with Gasteiger partial charge in [0.25, 0.3) is 5.91 Å². The van der Waals surface area contributed by atoms with E-state index < -0.39 is 12.1 Å². The Bertz CT molecular complexity index is 791. The van der Waals surface area contributed by atoms with Gasteiger partial charge in [0.05, 0.1) is 0 Å². The molecule has 0 unspecified atom stereocenters. The summed E-state index contributed by atoms with van der Waals surface area (Å²) >= 11 is 3.33. The van der Waals surface area contributed by atoms with Crippen molar-refractivity contribution in [1.82, 2.24) is 4.90 Å². The Balaban J connectivity index is 1.49. The molecule has 1 aliphatic rings. The summed E-state index contributed by atoms with van der Waals surface area (Å²) in [7, 11) is 0. The molecule has 6 heteroatoms. The van der Waals surface area contributed by atoms with Crippen LogP contribution < -0.4 is 4.74 Å². The smallest absolute Gasteiger partial charge is 0.344 e. The SMILES string of the molecule is C[C@@H](OC(=O)COc1ccc(Br)cc1)C(=O)N1CCc2ccccc2C1. The molecule has 1 aliphatic heterocycles. The van der Waals surface area contributed by atoms with Crippen LogP contribution in [-0.2, 0) is 27.3 Å². The van der Waals surface area contributed by atoms with Gasteiger partial charge in [-0.15, -0.1) is 0 Å². The van der Waals surface area contributed by atoms with E-state index in [4.69, 9.17) is 9.47 Å². The van der Waals surface area contributed by atoms with Crippen molar-refractivity contribution >= 4 is 27.8 Å². The van der Waals surface area contributed by atoms with Crippen LogP contribution in [-0.4, -0.2) is 36.0 Å². The summed E-state index contributed by atoms with van der Waals surface area (Å²) in [5, 5.41) is 0. The number of rotatable bonds is 5. The summed E-state index contributed by atoms with van der Waals surface area (Å²) < 4.78 is 11.5. The molecule has 0 spiro atoms. The third-order valence-corrected chi connectivity index (χ3v) is 4.80. The Morgan fingerprint density at radius 1 is 1.12 bits per heavy atom. The number of halogens is 1. The van der Waals surface area contributed by atoms with Gasteiger partial charge in [0, 0.05) is 17.6 Å². The van der Waals surface area contributed by atoms with E-state index in [2.05, 4.69) is 22.0 Å². The zero-order chi connectivity index (χ0) is 18.5. The van der Waals surface area contributed by atoms with Gasteiger partial charge in [-0.05, 0) is 48.7 Å². The number of carbonyl (C=O) groups is 2. The highest BCUT2D eigenvalue weighted by molar-refractivity contribution is 9.10. The van der Waals surface area contributed by atoms with Gasteiger partial charge in [-0.2, -0.15) is 0 Å². The van der Waals surface area contributed by atoms with E-state index in [1.165, 1.54) is 5.56 Å². The summed E-state index contributed by atoms with van der Waals surface area (Å²) in [6.45, 7) is 2.54. The van der Waals surface area contributed by atoms with Crippen molar-refractivity contribution < 1.29 is 19.1 Å². The molecule has 2 aromatic carbocycles. The number of fused-ring (bicyclic) bond motifs is 1. The van der Waals surface area contributed by atoms with Crippen LogP contribution in [0.5, 0.6) is 5.75 Å². The first kappa shape index (κ1) is 18.5. The first-order valence-electron chi connectivity index (χ1n) is 8.46. The van der Waals surface area contributed by atoms with E-state index in [0.29, 0.717) is 18.8 Å². The fraction of sp³-hybridized carbons (Fsp3) is 0.300. The molecule has 0 bridgehead atoms. The quantitative estimate of drug-likeness (QED) is 0.699. The monoisotopic (exact) mass is 417 g/mol. The maximum Gasteiger partial charge on any atom is 0.344 e. The molecule has 0 N–H and O–H groups in total. The maximum atomic E-state index is 12.6. The van der Waals surface area contributed by atoms with Gasteiger partial charge >= 0.3 is 5.97 Å². The minimum atomic E-state index is -0.832. The lowest BCUT2D eigenvalue weighted by Crippen LogP contribution is -2.43. The van der Waals surface area contributed by atoms with Gasteiger partial charge < -0.3 is 14.4 Å². The van der Waals surface area contributed by atoms with Crippen LogP contribution in [0.25, 0.3) is 0 Å². The predicted molar refractivity (Wildman–Crippen MR) is 101 cm³/mol. The van der Waals surface area contributed by atoms with E-state index in [1.807, 2.05) is 30.3 Å². The van der Waals surface area contributed by atoms with Crippen LogP contribution in [0, 0.1) is 0 Å². The largest absolute Gasteiger partial charge is 0.482 e. The van der Waals surface area contributed by atoms with E-state index in [-0.39, 0.29) is 12.5 Å². The number of ether oxygens (including phenoxy) is 2. The van der Waals surface area contributed by atoms with Crippen LogP contribution >= 0.6 is 15.9 Å². The summed E-state index contributed by atoms with van der Waals surface area (Å²) in [5.41, 5.74) is 2.41. The van der Waals surface area contributed by atoms with Crippen LogP contribution in [0.2, 0.25) is 0 Å². The molecule has 1 heterocycles. The van der Waals surface area contributed by atoms with Crippen LogP contribution in [0.3, 0.4) is 0 Å². The molecule has 1 atom stereocenters. The fourth-order valence-electron chi connectivity index (χ4n) is 2.90. The van der Waals surface area contributed by atoms with E-state index in [1.54, 1.807) is 24.0 Å². The van der Waals surface area contributed by atoms with Crippen LogP contribution in [0.4, 0.5) is 0 Å². The fourth-order valence-corrected chi connectivity index (χ4v) is 3.16. The first-order chi connectivity index (χ1) is 12.5. The molecule has 136 valence electrons. The van der Waals surface area contributed by atoms with Gasteiger partial charge in [-0.1, -0.05) is 40.2 Å². The zero-order valence-electron chi connectivity index (χ0n) is 14.5. The van der Waals surface area contributed by atoms with Crippen molar-refractivity contribution in [2.24, 2.45) is 0 Å². The summed E-state index contributed by atoms with van der Waals surface area (Å²) in [6.07, 6.45) is -0.0174. The number of amides is 1. The third kappa shape index (κ3) is 4.64. The van der Waals surface area contributed by atoms with Crippen molar-refractivity contribution in [3.8, 4) is 5.75 Å². The standard InChI is InChI=1S/C20H20BrNO4/c1-14(26-19(23)13-25-18-8-6-17(21)7-9-18)20(24)22-11-10-15-4-2-3-5-16(15)12-22/h2-9,14H,10-13H2,1H3/t14-/m1/s1. The first-order valence-corrected chi connectivity index (χ1v) is 9.25. The molecule has 0 saturated heterocycles. The normalized spacial score (nSPS) is 14.3. The molecular formula is C20H20BrNO4. The lowest BCUT2D eigenvalue weighted by atomic mass is 9.99. The van der Waals surface area contributed by atoms with E-state index in [9.17, 15) is 9.59 Å². The van der Waals surface area contributed by atoms with Crippen molar-refractivity contribution in [1.29, 1.82) is 0 Å². The van der Waals surface area contributed by atoms with Crippen molar-refractivity contribution in [2.75, 3.05) is 13.2 Å². The molecular weight excluding hydrogens is 398 g/mol. The van der Waals surface area contributed by atoms with Gasteiger partial charge in [-0.3, -0.25) is 4.79 Å². The Morgan fingerprint density at radius 2 is 1.81 bits per heavy atom. The van der Waals surface area contributed by atoms with Crippen LogP contribution in [0.1, 0.15) is 18.1 Å². The lowest BCUT2D eigenvalue weighted by molar-refractivity contribution is -0.161. The molecule has 0 aromatic heterocycles. The Labute approximate surface area is 161 Å². The van der Waals surface area contributed by atoms with Gasteiger partial charge in [0.2, 0.25) is 0 Å². The molecule has 5 nitrogen and oxygen atoms in total. The van der Waals surface area contributed by atoms with Crippen molar-refractivity contribution in [3.63, 3.8) is 0 Å². The highest BCUT2D eigenvalue weighted by Gasteiger charge is 2.26. The topological polar surface area (TPSA) is 55.8 Å². The van der Waals surface area contributed by atoms with Crippen molar-refractivity contribution in [3.05, 3.63) is 64.1 Å². The third-order valence-electron chi connectivity index (χ3n) is 4.27. The number of nitrogens with zero attached hydrogens (tertiary/aromatic N) is 1. The number of hydrogen-bond acceptors (Lipinski definition) is 4. The van der Waals surface area contributed by atoms with Crippen LogP contribution in [0.15, 0.2) is 53.0 Å². The molecule has 3 rings (SSSR count). The number of carbonyl (C=O) groups excluding carboxylic acids is 2. The second kappa shape index (κ2) is 8.36. The van der Waals surface area contributed by atoms with Crippen molar-refractivity contribution in [2.45, 2.75) is 26.0 Å². The minimum Gasteiger partial charge on any atom is -0.482 e. The van der Waals surface area contributed by atoms with Gasteiger partial charge in [0.15, 0.2) is 12.7 Å². The zero-order valence-corrected chi connectivity index (χ0v) is 16.1. The average molecular weight is 418 g/mol. The summed E-state index contributed by atoms with van der Waals surface area (Å²) in [4.78, 5) is 26.2. The van der Waals surface area contributed by atoms with E-state index in [0.717, 1.165) is 16.5 Å².